The fourth-order valence-electron chi connectivity index (χ4n) is 4.21. The van der Waals surface area contributed by atoms with Crippen LogP contribution in [0.1, 0.15) is 42.7 Å². The lowest BCUT2D eigenvalue weighted by Gasteiger charge is -2.29. The van der Waals surface area contributed by atoms with Gasteiger partial charge in [0.1, 0.15) is 0 Å². The highest BCUT2D eigenvalue weighted by Gasteiger charge is 2.40. The minimum Gasteiger partial charge on any atom is -0.269 e. The zero-order valence-electron chi connectivity index (χ0n) is 16.8. The Morgan fingerprint density at radius 2 is 1.52 bits per heavy atom. The van der Waals surface area contributed by atoms with Gasteiger partial charge in [-0.25, -0.2) is 8.42 Å². The Morgan fingerprint density at radius 3 is 2.14 bits per heavy atom. The third-order valence-electron chi connectivity index (χ3n) is 6.24. The molecule has 2 aromatic rings. The van der Waals surface area contributed by atoms with Crippen LogP contribution in [0.5, 0.6) is 0 Å². The predicted octanol–water partition coefficient (Wildman–Crippen LogP) is 5.41. The van der Waals surface area contributed by atoms with Crippen LogP contribution in [0.3, 0.4) is 0 Å². The van der Waals surface area contributed by atoms with Gasteiger partial charge in [-0.1, -0.05) is 54.1 Å². The molecule has 0 saturated heterocycles. The fraction of sp³-hybridized carbons (Fsp3) is 0.360. The van der Waals surface area contributed by atoms with E-state index in [0.29, 0.717) is 23.3 Å². The highest BCUT2D eigenvalue weighted by atomic mass is 32.2. The summed E-state index contributed by atoms with van der Waals surface area (Å²) in [5.41, 5.74) is 4.59. The fourth-order valence-corrected chi connectivity index (χ4v) is 5.78. The molecular weight excluding hydrogens is 378 g/mol. The van der Waals surface area contributed by atoms with Crippen LogP contribution in [0.25, 0.3) is 0 Å². The molecule has 4 heteroatoms. The van der Waals surface area contributed by atoms with Gasteiger partial charge in [0.25, 0.3) is 10.0 Å². The second kappa shape index (κ2) is 7.17. The van der Waals surface area contributed by atoms with E-state index in [2.05, 4.69) is 24.3 Å². The SMILES string of the molecule is Cc1ccc(S(=O)(=O)N2CC(c3ccccc3)C=C(C3CC3)C=C2C2CC2)cc1. The molecule has 5 rings (SSSR count). The van der Waals surface area contributed by atoms with E-state index in [4.69, 9.17) is 0 Å². The summed E-state index contributed by atoms with van der Waals surface area (Å²) in [4.78, 5) is 0.385. The number of hydrogen-bond donors (Lipinski definition) is 0. The van der Waals surface area contributed by atoms with Gasteiger partial charge in [0, 0.05) is 18.2 Å². The van der Waals surface area contributed by atoms with Crippen molar-refractivity contribution in [3.63, 3.8) is 0 Å². The maximum absolute atomic E-state index is 13.7. The highest BCUT2D eigenvalue weighted by molar-refractivity contribution is 7.89. The Kier molecular flexibility index (Phi) is 4.62. The molecule has 150 valence electrons. The van der Waals surface area contributed by atoms with Gasteiger partial charge in [0.05, 0.1) is 4.90 Å². The van der Waals surface area contributed by atoms with Crippen LogP contribution in [0.2, 0.25) is 0 Å². The highest BCUT2D eigenvalue weighted by Crippen LogP contribution is 2.47. The molecule has 1 heterocycles. The number of nitrogens with zero attached hydrogens (tertiary/aromatic N) is 1. The number of benzene rings is 2. The molecule has 3 aliphatic rings. The number of aryl methyl sites for hydroxylation is 1. The lowest BCUT2D eigenvalue weighted by molar-refractivity contribution is 0.449. The molecule has 2 fully saturated rings. The number of allylic oxidation sites excluding steroid dienone is 3. The molecule has 0 aromatic heterocycles. The Hall–Kier alpha value is -2.33. The minimum atomic E-state index is -3.59. The van der Waals surface area contributed by atoms with Crippen LogP contribution in [-0.4, -0.2) is 19.3 Å². The molecule has 0 spiro atoms. The maximum Gasteiger partial charge on any atom is 0.264 e. The monoisotopic (exact) mass is 405 g/mol. The van der Waals surface area contributed by atoms with Crippen LogP contribution in [0.4, 0.5) is 0 Å². The molecule has 2 aliphatic carbocycles. The summed E-state index contributed by atoms with van der Waals surface area (Å²) in [5.74, 6) is 1.03. The minimum absolute atomic E-state index is 0.0690. The van der Waals surface area contributed by atoms with E-state index in [1.54, 1.807) is 16.4 Å². The summed E-state index contributed by atoms with van der Waals surface area (Å²) in [7, 11) is -3.59. The van der Waals surface area contributed by atoms with Crippen molar-refractivity contribution in [2.45, 2.75) is 43.4 Å². The van der Waals surface area contributed by atoms with E-state index >= 15 is 0 Å². The van der Waals surface area contributed by atoms with Crippen molar-refractivity contribution in [3.8, 4) is 0 Å². The van der Waals surface area contributed by atoms with Gasteiger partial charge in [0.15, 0.2) is 0 Å². The largest absolute Gasteiger partial charge is 0.269 e. The summed E-state index contributed by atoms with van der Waals surface area (Å²) >= 11 is 0. The number of sulfonamides is 1. The summed E-state index contributed by atoms with van der Waals surface area (Å²) in [5, 5.41) is 0. The topological polar surface area (TPSA) is 37.4 Å². The Bertz CT molecular complexity index is 1060. The number of hydrogen-bond acceptors (Lipinski definition) is 2. The normalized spacial score (nSPS) is 22.7. The molecule has 0 radical (unpaired) electrons. The molecule has 0 amide bonds. The molecule has 2 aromatic carbocycles. The number of rotatable bonds is 5. The second-order valence-electron chi connectivity index (χ2n) is 8.65. The van der Waals surface area contributed by atoms with Gasteiger partial charge >= 0.3 is 0 Å². The van der Waals surface area contributed by atoms with Crippen molar-refractivity contribution in [1.29, 1.82) is 0 Å². The third kappa shape index (κ3) is 3.78. The Balaban J connectivity index is 1.60. The van der Waals surface area contributed by atoms with Crippen molar-refractivity contribution in [2.24, 2.45) is 11.8 Å². The molecule has 0 bridgehead atoms. The smallest absolute Gasteiger partial charge is 0.264 e. The zero-order chi connectivity index (χ0) is 20.0. The van der Waals surface area contributed by atoms with Gasteiger partial charge < -0.3 is 0 Å². The first-order valence-corrected chi connectivity index (χ1v) is 12.0. The maximum atomic E-state index is 13.7. The lowest BCUT2D eigenvalue weighted by atomic mass is 9.95. The molecular formula is C25H27NO2S. The molecule has 0 N–H and O–H groups in total. The molecule has 1 atom stereocenters. The van der Waals surface area contributed by atoms with Crippen LogP contribution >= 0.6 is 0 Å². The lowest BCUT2D eigenvalue weighted by Crippen LogP contribution is -2.34. The molecule has 1 unspecified atom stereocenters. The van der Waals surface area contributed by atoms with E-state index in [1.807, 2.05) is 37.3 Å². The van der Waals surface area contributed by atoms with E-state index in [1.165, 1.54) is 24.0 Å². The summed E-state index contributed by atoms with van der Waals surface area (Å²) < 4.78 is 29.2. The molecule has 2 saturated carbocycles. The van der Waals surface area contributed by atoms with Crippen LogP contribution in [-0.2, 0) is 10.0 Å². The van der Waals surface area contributed by atoms with Crippen molar-refractivity contribution in [2.75, 3.05) is 6.54 Å². The first kappa shape index (κ1) is 18.7. The van der Waals surface area contributed by atoms with E-state index in [0.717, 1.165) is 24.1 Å². The van der Waals surface area contributed by atoms with Gasteiger partial charge in [0.2, 0.25) is 0 Å². The standard InChI is InChI=1S/C25H27NO2S/c1-18-7-13-24(14-8-18)29(27,28)26-17-23(19-5-3-2-4-6-19)15-22(20-9-10-20)16-25(26)21-11-12-21/h2-8,13-16,20-21,23H,9-12,17H2,1H3. The molecule has 1 aliphatic heterocycles. The van der Waals surface area contributed by atoms with Crippen molar-refractivity contribution >= 4 is 10.0 Å². The molecule has 29 heavy (non-hydrogen) atoms. The van der Waals surface area contributed by atoms with Gasteiger partial charge in [-0.05, 0) is 73.8 Å². The van der Waals surface area contributed by atoms with E-state index in [-0.39, 0.29) is 5.92 Å². The summed E-state index contributed by atoms with van der Waals surface area (Å²) in [6.07, 6.45) is 9.14. The van der Waals surface area contributed by atoms with Crippen molar-refractivity contribution in [3.05, 3.63) is 89.1 Å². The summed E-state index contributed by atoms with van der Waals surface area (Å²) in [6.45, 7) is 2.45. The van der Waals surface area contributed by atoms with E-state index < -0.39 is 10.0 Å². The van der Waals surface area contributed by atoms with Crippen molar-refractivity contribution in [1.82, 2.24) is 4.31 Å². The van der Waals surface area contributed by atoms with Crippen LogP contribution < -0.4 is 0 Å². The van der Waals surface area contributed by atoms with Gasteiger partial charge in [-0.15, -0.1) is 0 Å². The van der Waals surface area contributed by atoms with E-state index in [9.17, 15) is 8.42 Å². The Labute approximate surface area is 173 Å². The average Bonchev–Trinajstić information content (AvgIpc) is 3.60. The van der Waals surface area contributed by atoms with Gasteiger partial charge in [-0.2, -0.15) is 0 Å². The first-order chi connectivity index (χ1) is 14.0. The van der Waals surface area contributed by atoms with Gasteiger partial charge in [-0.3, -0.25) is 4.31 Å². The second-order valence-corrected chi connectivity index (χ2v) is 10.5. The third-order valence-corrected chi connectivity index (χ3v) is 8.05. The molecule has 3 nitrogen and oxygen atoms in total. The zero-order valence-corrected chi connectivity index (χ0v) is 17.6. The Morgan fingerprint density at radius 1 is 0.862 bits per heavy atom. The van der Waals surface area contributed by atoms with Crippen LogP contribution in [0.15, 0.2) is 82.9 Å². The average molecular weight is 406 g/mol. The quantitative estimate of drug-likeness (QED) is 0.667. The summed E-state index contributed by atoms with van der Waals surface area (Å²) in [6, 6.07) is 17.6. The predicted molar refractivity (Wildman–Crippen MR) is 116 cm³/mol. The first-order valence-electron chi connectivity index (χ1n) is 10.6. The van der Waals surface area contributed by atoms with Crippen LogP contribution in [0, 0.1) is 18.8 Å². The van der Waals surface area contributed by atoms with Crippen molar-refractivity contribution < 1.29 is 8.42 Å².